The third-order valence-corrected chi connectivity index (χ3v) is 7.22. The Bertz CT molecular complexity index is 604. The van der Waals surface area contributed by atoms with Crippen molar-refractivity contribution < 1.29 is 9.84 Å². The topological polar surface area (TPSA) is 39.2 Å². The minimum absolute atomic E-state index is 0.363. The molecule has 1 aliphatic heterocycles. The van der Waals surface area contributed by atoms with Crippen LogP contribution >= 0.6 is 11.8 Å². The van der Waals surface area contributed by atoms with Gasteiger partial charge >= 0.3 is 0 Å². The van der Waals surface area contributed by atoms with Gasteiger partial charge in [0.2, 0.25) is 0 Å². The molecule has 2 aliphatic rings. The molecule has 5 nitrogen and oxygen atoms in total. The lowest BCUT2D eigenvalue weighted by molar-refractivity contribution is 0.0702. The van der Waals surface area contributed by atoms with E-state index in [1.165, 1.54) is 49.2 Å². The summed E-state index contributed by atoms with van der Waals surface area (Å²) < 4.78 is 6.14. The molecular formula is C24H41N3O2S. The lowest BCUT2D eigenvalue weighted by atomic mass is 9.93. The van der Waals surface area contributed by atoms with Crippen LogP contribution in [0.4, 0.5) is 0 Å². The van der Waals surface area contributed by atoms with Crippen LogP contribution in [0.2, 0.25) is 0 Å². The van der Waals surface area contributed by atoms with Crippen LogP contribution in [0.5, 0.6) is 5.75 Å². The van der Waals surface area contributed by atoms with Gasteiger partial charge in [-0.25, -0.2) is 0 Å². The van der Waals surface area contributed by atoms with E-state index in [2.05, 4.69) is 47.0 Å². The maximum atomic E-state index is 10.5. The molecule has 0 bridgehead atoms. The number of benzene rings is 1. The number of aliphatic hydroxyl groups is 1. The molecule has 0 spiro atoms. The zero-order valence-electron chi connectivity index (χ0n) is 19.0. The Morgan fingerprint density at radius 1 is 1.10 bits per heavy atom. The first-order valence-electron chi connectivity index (χ1n) is 11.7. The summed E-state index contributed by atoms with van der Waals surface area (Å²) in [6, 6.07) is 9.07. The van der Waals surface area contributed by atoms with E-state index in [0.29, 0.717) is 19.2 Å². The Hall–Kier alpha value is -0.790. The third-order valence-electron chi connectivity index (χ3n) is 6.28. The van der Waals surface area contributed by atoms with Gasteiger partial charge in [-0.1, -0.05) is 37.5 Å². The van der Waals surface area contributed by atoms with Gasteiger partial charge in [-0.05, 0) is 33.0 Å². The second-order valence-corrected chi connectivity index (χ2v) is 10.3. The molecule has 1 N–H and O–H groups in total. The maximum absolute atomic E-state index is 10.5. The number of rotatable bonds is 11. The van der Waals surface area contributed by atoms with Crippen molar-refractivity contribution in [1.29, 1.82) is 0 Å². The molecule has 30 heavy (non-hydrogen) atoms. The van der Waals surface area contributed by atoms with Gasteiger partial charge in [-0.2, -0.15) is 11.8 Å². The fraction of sp³-hybridized carbons (Fsp3) is 0.750. The fourth-order valence-corrected chi connectivity index (χ4v) is 5.46. The molecule has 3 rings (SSSR count). The first kappa shape index (κ1) is 23.9. The van der Waals surface area contributed by atoms with Gasteiger partial charge in [0.05, 0.1) is 0 Å². The highest BCUT2D eigenvalue weighted by atomic mass is 32.2. The van der Waals surface area contributed by atoms with E-state index < -0.39 is 6.10 Å². The molecule has 170 valence electrons. The second-order valence-electron chi connectivity index (χ2n) is 9.05. The van der Waals surface area contributed by atoms with Crippen LogP contribution in [0.1, 0.15) is 37.7 Å². The van der Waals surface area contributed by atoms with Gasteiger partial charge in [0.15, 0.2) is 0 Å². The van der Waals surface area contributed by atoms with Gasteiger partial charge in [-0.3, -0.25) is 9.80 Å². The molecule has 1 atom stereocenters. The Morgan fingerprint density at radius 3 is 2.57 bits per heavy atom. The zero-order chi connectivity index (χ0) is 21.2. The molecule has 1 aromatic carbocycles. The van der Waals surface area contributed by atoms with Crippen molar-refractivity contribution in [3.63, 3.8) is 0 Å². The van der Waals surface area contributed by atoms with Gasteiger partial charge in [0.1, 0.15) is 18.5 Å². The van der Waals surface area contributed by atoms with Crippen LogP contribution in [-0.4, -0.2) is 96.9 Å². The lowest BCUT2D eigenvalue weighted by Gasteiger charge is -2.35. The van der Waals surface area contributed by atoms with E-state index in [-0.39, 0.29) is 0 Å². The van der Waals surface area contributed by atoms with Crippen LogP contribution in [0, 0.1) is 0 Å². The zero-order valence-corrected chi connectivity index (χ0v) is 19.8. The number of aliphatic hydroxyl groups excluding tert-OH is 1. The third kappa shape index (κ3) is 8.04. The second kappa shape index (κ2) is 12.9. The number of para-hydroxylation sites is 1. The molecule has 1 heterocycles. The van der Waals surface area contributed by atoms with Crippen LogP contribution in [0.3, 0.4) is 0 Å². The highest BCUT2D eigenvalue weighted by Crippen LogP contribution is 2.27. The molecule has 1 saturated heterocycles. The Kier molecular flexibility index (Phi) is 10.3. The molecule has 6 heteroatoms. The molecular weight excluding hydrogens is 394 g/mol. The van der Waals surface area contributed by atoms with Gasteiger partial charge in [0.25, 0.3) is 0 Å². The number of β-amino-alcohol motifs (C(OH)–C–C–N with tert-alkyl or cyclic N) is 1. The number of thioether (sulfide) groups is 1. The van der Waals surface area contributed by atoms with Crippen molar-refractivity contribution in [3.05, 3.63) is 29.8 Å². The minimum Gasteiger partial charge on any atom is -0.491 e. The molecule has 0 aromatic heterocycles. The lowest BCUT2D eigenvalue weighted by Crippen LogP contribution is -2.41. The van der Waals surface area contributed by atoms with E-state index in [1.807, 2.05) is 17.8 Å². The number of ether oxygens (including phenoxy) is 1. The van der Waals surface area contributed by atoms with Crippen molar-refractivity contribution in [1.82, 2.24) is 14.7 Å². The monoisotopic (exact) mass is 435 g/mol. The first-order valence-corrected chi connectivity index (χ1v) is 12.8. The van der Waals surface area contributed by atoms with Crippen LogP contribution in [-0.2, 0) is 6.54 Å². The van der Waals surface area contributed by atoms with Crippen LogP contribution < -0.4 is 4.74 Å². The standard InChI is InChI=1S/C24H41N3O2S/c1-25(2)12-13-27(22-9-4-3-5-10-22)18-21-8-6-7-11-24(21)29-20-23(28)19-26-14-16-30-17-15-26/h6-8,11,22-23,28H,3-5,9-10,12-20H2,1-2H3. The maximum Gasteiger partial charge on any atom is 0.123 e. The smallest absolute Gasteiger partial charge is 0.123 e. The fourth-order valence-electron chi connectivity index (χ4n) is 4.48. The Morgan fingerprint density at radius 2 is 1.83 bits per heavy atom. The summed E-state index contributed by atoms with van der Waals surface area (Å²) in [7, 11) is 4.30. The summed E-state index contributed by atoms with van der Waals surface area (Å²) >= 11 is 2.00. The highest BCUT2D eigenvalue weighted by molar-refractivity contribution is 7.99. The van der Waals surface area contributed by atoms with Crippen molar-refractivity contribution in [2.24, 2.45) is 0 Å². The molecule has 2 fully saturated rings. The predicted molar refractivity (Wildman–Crippen MR) is 128 cm³/mol. The average Bonchev–Trinajstić information content (AvgIpc) is 2.77. The van der Waals surface area contributed by atoms with Crippen molar-refractivity contribution >= 4 is 11.8 Å². The molecule has 0 amide bonds. The highest BCUT2D eigenvalue weighted by Gasteiger charge is 2.22. The van der Waals surface area contributed by atoms with Crippen molar-refractivity contribution in [3.8, 4) is 5.75 Å². The van der Waals surface area contributed by atoms with E-state index in [9.17, 15) is 5.11 Å². The predicted octanol–water partition coefficient (Wildman–Crippen LogP) is 3.17. The molecule has 1 aliphatic carbocycles. The van der Waals surface area contributed by atoms with E-state index >= 15 is 0 Å². The number of hydrogen-bond acceptors (Lipinski definition) is 6. The number of hydrogen-bond donors (Lipinski definition) is 1. The SMILES string of the molecule is CN(C)CCN(Cc1ccccc1OCC(O)CN1CCSCC1)C1CCCCC1. The van der Waals surface area contributed by atoms with Gasteiger partial charge in [-0.15, -0.1) is 0 Å². The average molecular weight is 436 g/mol. The van der Waals surface area contributed by atoms with Gasteiger partial charge in [0, 0.05) is 62.4 Å². The normalized spacial score (nSPS) is 20.0. The van der Waals surface area contributed by atoms with Crippen LogP contribution in [0.15, 0.2) is 24.3 Å². The first-order chi connectivity index (χ1) is 14.6. The largest absolute Gasteiger partial charge is 0.491 e. The quantitative estimate of drug-likeness (QED) is 0.576. The molecule has 1 saturated carbocycles. The van der Waals surface area contributed by atoms with Gasteiger partial charge < -0.3 is 14.7 Å². The number of nitrogens with zero attached hydrogens (tertiary/aromatic N) is 3. The Labute approximate surface area is 187 Å². The molecule has 0 radical (unpaired) electrons. The summed E-state index contributed by atoms with van der Waals surface area (Å²) in [6.07, 6.45) is 6.26. The summed E-state index contributed by atoms with van der Waals surface area (Å²) in [5.74, 6) is 3.26. The van der Waals surface area contributed by atoms with E-state index in [0.717, 1.165) is 38.5 Å². The summed E-state index contributed by atoms with van der Waals surface area (Å²) in [5.41, 5.74) is 1.24. The summed E-state index contributed by atoms with van der Waals surface area (Å²) in [6.45, 7) is 6.30. The van der Waals surface area contributed by atoms with Crippen molar-refractivity contribution in [2.75, 3.05) is 64.9 Å². The minimum atomic E-state index is -0.440. The van der Waals surface area contributed by atoms with Crippen LogP contribution in [0.25, 0.3) is 0 Å². The van der Waals surface area contributed by atoms with E-state index in [4.69, 9.17) is 4.74 Å². The summed E-state index contributed by atoms with van der Waals surface area (Å²) in [5, 5.41) is 10.5. The summed E-state index contributed by atoms with van der Waals surface area (Å²) in [4.78, 5) is 7.28. The number of likely N-dealkylation sites (N-methyl/N-ethyl adjacent to an activating group) is 1. The Balaban J connectivity index is 1.57. The molecule has 1 unspecified atom stereocenters. The van der Waals surface area contributed by atoms with Crippen molar-refractivity contribution in [2.45, 2.75) is 50.8 Å². The van der Waals surface area contributed by atoms with E-state index in [1.54, 1.807) is 0 Å². The molecule has 1 aromatic rings.